The number of amides is 2. The minimum Gasteiger partial charge on any atom is -0.480 e. The zero-order valence-corrected chi connectivity index (χ0v) is 17.0. The van der Waals surface area contributed by atoms with Crippen molar-refractivity contribution in [2.45, 2.75) is 37.5 Å². The Kier molecular flexibility index (Phi) is 6.71. The number of hydrogen-bond donors (Lipinski definition) is 3. The molecule has 0 radical (unpaired) electrons. The second kappa shape index (κ2) is 9.29. The molecule has 1 aliphatic rings. The molecule has 32 heavy (non-hydrogen) atoms. The molecule has 2 aromatic carbocycles. The van der Waals surface area contributed by atoms with Crippen molar-refractivity contribution in [2.24, 2.45) is 0 Å². The molecule has 7 nitrogen and oxygen atoms in total. The number of carbonyl (C=O) groups is 3. The van der Waals surface area contributed by atoms with E-state index < -0.39 is 42.7 Å². The van der Waals surface area contributed by atoms with E-state index in [0.29, 0.717) is 0 Å². The van der Waals surface area contributed by atoms with Crippen LogP contribution >= 0.6 is 0 Å². The molecule has 170 valence electrons. The van der Waals surface area contributed by atoms with Gasteiger partial charge in [-0.3, -0.25) is 9.59 Å². The molecule has 1 aliphatic carbocycles. The van der Waals surface area contributed by atoms with Gasteiger partial charge < -0.3 is 20.5 Å². The number of nitrogens with one attached hydrogen (secondary N) is 2. The first kappa shape index (κ1) is 23.1. The molecular formula is C22H21F3N2O5. The van der Waals surface area contributed by atoms with Crippen molar-refractivity contribution >= 4 is 18.0 Å². The number of ether oxygens (including phenoxy) is 1. The molecule has 0 saturated heterocycles. The molecule has 0 bridgehead atoms. The lowest BCUT2D eigenvalue weighted by Crippen LogP contribution is -2.50. The van der Waals surface area contributed by atoms with Gasteiger partial charge in [-0.05, 0) is 29.2 Å². The lowest BCUT2D eigenvalue weighted by molar-refractivity contribution is -0.160. The van der Waals surface area contributed by atoms with Gasteiger partial charge in [-0.25, -0.2) is 4.79 Å². The van der Waals surface area contributed by atoms with Gasteiger partial charge in [-0.1, -0.05) is 48.5 Å². The van der Waals surface area contributed by atoms with Crippen molar-refractivity contribution in [2.75, 3.05) is 6.61 Å². The Morgan fingerprint density at radius 1 is 1.00 bits per heavy atom. The summed E-state index contributed by atoms with van der Waals surface area (Å²) in [6, 6.07) is 11.1. The number of fused-ring (bicyclic) bond motifs is 3. The summed E-state index contributed by atoms with van der Waals surface area (Å²) in [7, 11) is 0. The molecule has 2 aromatic rings. The van der Waals surface area contributed by atoms with E-state index in [1.807, 2.05) is 53.8 Å². The predicted molar refractivity (Wildman–Crippen MR) is 108 cm³/mol. The van der Waals surface area contributed by atoms with E-state index in [4.69, 9.17) is 9.84 Å². The van der Waals surface area contributed by atoms with Gasteiger partial charge in [0.1, 0.15) is 18.7 Å². The third-order valence-electron chi connectivity index (χ3n) is 5.17. The largest absolute Gasteiger partial charge is 0.480 e. The Hall–Kier alpha value is -3.56. The summed E-state index contributed by atoms with van der Waals surface area (Å²) in [5.74, 6) is -2.90. The number of carboxylic acids is 1. The second-order valence-electron chi connectivity index (χ2n) is 7.40. The summed E-state index contributed by atoms with van der Waals surface area (Å²) in [5, 5.41) is 12.3. The van der Waals surface area contributed by atoms with Crippen molar-refractivity contribution in [1.82, 2.24) is 10.6 Å². The summed E-state index contributed by atoms with van der Waals surface area (Å²) in [6.45, 7) is 0.925. The van der Waals surface area contributed by atoms with E-state index in [9.17, 15) is 27.6 Å². The predicted octanol–water partition coefficient (Wildman–Crippen LogP) is 3.44. The van der Waals surface area contributed by atoms with Crippen LogP contribution in [0.2, 0.25) is 0 Å². The Morgan fingerprint density at radius 2 is 1.53 bits per heavy atom. The van der Waals surface area contributed by atoms with Gasteiger partial charge in [0, 0.05) is 5.92 Å². The zero-order chi connectivity index (χ0) is 23.5. The molecule has 3 rings (SSSR count). The highest BCUT2D eigenvalue weighted by molar-refractivity contribution is 5.84. The highest BCUT2D eigenvalue weighted by Crippen LogP contribution is 2.44. The fourth-order valence-corrected chi connectivity index (χ4v) is 3.58. The van der Waals surface area contributed by atoms with Crippen molar-refractivity contribution in [3.63, 3.8) is 0 Å². The van der Waals surface area contributed by atoms with Crippen molar-refractivity contribution in [1.29, 1.82) is 0 Å². The number of carbonyl (C=O) groups excluding carboxylic acids is 2. The monoisotopic (exact) mass is 450 g/mol. The molecule has 0 aromatic heterocycles. The minimum absolute atomic E-state index is 0.188. The van der Waals surface area contributed by atoms with E-state index >= 15 is 0 Å². The first-order valence-electron chi connectivity index (χ1n) is 9.78. The molecule has 2 unspecified atom stereocenters. The van der Waals surface area contributed by atoms with Crippen LogP contribution in [0.15, 0.2) is 48.5 Å². The van der Waals surface area contributed by atoms with Gasteiger partial charge in [-0.15, -0.1) is 0 Å². The van der Waals surface area contributed by atoms with Crippen LogP contribution in [-0.2, 0) is 14.3 Å². The Bertz CT molecular complexity index is 979. The molecule has 2 amide bonds. The summed E-state index contributed by atoms with van der Waals surface area (Å²) in [5.41, 5.74) is 3.73. The lowest BCUT2D eigenvalue weighted by atomic mass is 9.98. The molecule has 0 spiro atoms. The number of halogens is 3. The normalized spacial score (nSPS) is 14.6. The fraction of sp³-hybridized carbons (Fsp3) is 0.318. The Labute approximate surface area is 181 Å². The highest BCUT2D eigenvalue weighted by Gasteiger charge is 2.43. The maximum atomic E-state index is 13.3. The number of alkyl halides is 3. The fourth-order valence-electron chi connectivity index (χ4n) is 3.58. The SMILES string of the molecule is CC(NC(=O)CC(NC(=O)OCC1c2ccccc2-c2ccccc21)C(F)(F)F)C(=O)O. The summed E-state index contributed by atoms with van der Waals surface area (Å²) in [6.07, 6.45) is -7.44. The van der Waals surface area contributed by atoms with Crippen LogP contribution in [-0.4, -0.2) is 47.9 Å². The molecule has 0 heterocycles. The number of rotatable bonds is 7. The van der Waals surface area contributed by atoms with Crippen LogP contribution in [0.1, 0.15) is 30.4 Å². The maximum absolute atomic E-state index is 13.3. The van der Waals surface area contributed by atoms with E-state index in [1.54, 1.807) is 5.32 Å². The molecule has 10 heteroatoms. The first-order chi connectivity index (χ1) is 15.1. The van der Waals surface area contributed by atoms with E-state index in [-0.39, 0.29) is 12.5 Å². The second-order valence-corrected chi connectivity index (χ2v) is 7.40. The number of alkyl carbamates (subject to hydrolysis) is 1. The van der Waals surface area contributed by atoms with Gasteiger partial charge >= 0.3 is 18.2 Å². The standard InChI is InChI=1S/C22H21F3N2O5/c1-12(20(29)30)26-19(28)10-18(22(23,24)25)27-21(31)32-11-17-15-8-4-2-6-13(15)14-7-3-5-9-16(14)17/h2-9,12,17-18H,10-11H2,1H3,(H,26,28)(H,27,31)(H,29,30). The van der Waals surface area contributed by atoms with Crippen molar-refractivity contribution in [3.05, 3.63) is 59.7 Å². The topological polar surface area (TPSA) is 105 Å². The Morgan fingerprint density at radius 3 is 2.03 bits per heavy atom. The van der Waals surface area contributed by atoms with Crippen molar-refractivity contribution < 1.29 is 37.4 Å². The number of aliphatic carboxylic acids is 1. The van der Waals surface area contributed by atoms with Crippen molar-refractivity contribution in [3.8, 4) is 11.1 Å². The quantitative estimate of drug-likeness (QED) is 0.600. The third-order valence-corrected chi connectivity index (χ3v) is 5.17. The minimum atomic E-state index is -4.94. The average Bonchev–Trinajstić information content (AvgIpc) is 3.05. The van der Waals surface area contributed by atoms with E-state index in [1.165, 1.54) is 0 Å². The molecule has 0 saturated carbocycles. The molecule has 0 aliphatic heterocycles. The van der Waals surface area contributed by atoms with Gasteiger partial charge in [0.2, 0.25) is 5.91 Å². The molecule has 0 fully saturated rings. The van der Waals surface area contributed by atoms with Gasteiger partial charge in [0.25, 0.3) is 0 Å². The lowest BCUT2D eigenvalue weighted by Gasteiger charge is -2.22. The summed E-state index contributed by atoms with van der Waals surface area (Å²) >= 11 is 0. The molecular weight excluding hydrogens is 429 g/mol. The molecule has 2 atom stereocenters. The Balaban J connectivity index is 1.65. The van der Waals surface area contributed by atoms with Gasteiger partial charge in [0.05, 0.1) is 6.42 Å². The van der Waals surface area contributed by atoms with Crippen LogP contribution in [0.25, 0.3) is 11.1 Å². The first-order valence-corrected chi connectivity index (χ1v) is 9.78. The smallest absolute Gasteiger partial charge is 0.409 e. The van der Waals surface area contributed by atoms with Gasteiger partial charge in [0.15, 0.2) is 0 Å². The van der Waals surface area contributed by atoms with Crippen LogP contribution < -0.4 is 10.6 Å². The van der Waals surface area contributed by atoms with Crippen LogP contribution in [0, 0.1) is 0 Å². The summed E-state index contributed by atoms with van der Waals surface area (Å²) in [4.78, 5) is 34.7. The zero-order valence-electron chi connectivity index (χ0n) is 17.0. The summed E-state index contributed by atoms with van der Waals surface area (Å²) < 4.78 is 45.0. The van der Waals surface area contributed by atoms with Crippen LogP contribution in [0.3, 0.4) is 0 Å². The molecule has 3 N–H and O–H groups in total. The van der Waals surface area contributed by atoms with Crippen LogP contribution in [0.4, 0.5) is 18.0 Å². The maximum Gasteiger partial charge on any atom is 0.409 e. The van der Waals surface area contributed by atoms with Gasteiger partial charge in [-0.2, -0.15) is 13.2 Å². The number of carboxylic acid groups (broad SMARTS) is 1. The highest BCUT2D eigenvalue weighted by atomic mass is 19.4. The number of hydrogen-bond acceptors (Lipinski definition) is 4. The van der Waals surface area contributed by atoms with E-state index in [0.717, 1.165) is 29.2 Å². The van der Waals surface area contributed by atoms with Crippen LogP contribution in [0.5, 0.6) is 0 Å². The van der Waals surface area contributed by atoms with E-state index in [2.05, 4.69) is 0 Å². The average molecular weight is 450 g/mol. The number of benzene rings is 2. The third kappa shape index (κ3) is 5.19.